The summed E-state index contributed by atoms with van der Waals surface area (Å²) in [6, 6.07) is 14.7. The van der Waals surface area contributed by atoms with Gasteiger partial charge in [0, 0.05) is 25.2 Å². The van der Waals surface area contributed by atoms with Gasteiger partial charge in [0.05, 0.1) is 0 Å². The molecule has 1 amide bonds. The molecule has 2 rings (SSSR count). The molecule has 0 radical (unpaired) electrons. The van der Waals surface area contributed by atoms with Gasteiger partial charge >= 0.3 is 0 Å². The van der Waals surface area contributed by atoms with Crippen molar-refractivity contribution < 1.29 is 4.79 Å². The number of amides is 1. The van der Waals surface area contributed by atoms with E-state index in [2.05, 4.69) is 55.7 Å². The summed E-state index contributed by atoms with van der Waals surface area (Å²) >= 11 is 0. The molecule has 0 bridgehead atoms. The average Bonchev–Trinajstić information content (AvgIpc) is 2.48. The molecular weight excluding hydrogens is 308 g/mol. The van der Waals surface area contributed by atoms with Gasteiger partial charge in [0.25, 0.3) is 0 Å². The van der Waals surface area contributed by atoms with E-state index in [1.807, 2.05) is 18.2 Å². The molecule has 0 aliphatic rings. The summed E-state index contributed by atoms with van der Waals surface area (Å²) in [6.07, 6.45) is 0. The number of aryl methyl sites for hydroxylation is 2. The standard InChI is InChI=1S/C19H24N2O.ClH/c1-13-8-9-17(10-14(13)2)12-20-15(3)18-6-5-7-19(11-18)21-16(4)22;/h5-11,15,20H,12H2,1-4H3,(H,21,22);1H. The van der Waals surface area contributed by atoms with Crippen LogP contribution in [0.2, 0.25) is 0 Å². The molecule has 2 aromatic carbocycles. The first kappa shape index (κ1) is 19.2. The number of anilines is 1. The first-order chi connectivity index (χ1) is 10.5. The fraction of sp³-hybridized carbons (Fsp3) is 0.316. The zero-order valence-electron chi connectivity index (χ0n) is 14.1. The highest BCUT2D eigenvalue weighted by molar-refractivity contribution is 5.88. The van der Waals surface area contributed by atoms with Crippen LogP contribution in [0.3, 0.4) is 0 Å². The van der Waals surface area contributed by atoms with Crippen LogP contribution in [0.1, 0.15) is 42.1 Å². The summed E-state index contributed by atoms with van der Waals surface area (Å²) in [5.74, 6) is -0.0482. The molecule has 0 heterocycles. The van der Waals surface area contributed by atoms with Crippen molar-refractivity contribution in [1.82, 2.24) is 5.32 Å². The van der Waals surface area contributed by atoms with Crippen molar-refractivity contribution >= 4 is 24.0 Å². The normalized spacial score (nSPS) is 11.5. The van der Waals surface area contributed by atoms with E-state index in [9.17, 15) is 4.79 Å². The third kappa shape index (κ3) is 5.70. The summed E-state index contributed by atoms with van der Waals surface area (Å²) in [6.45, 7) is 8.75. The van der Waals surface area contributed by atoms with Crippen molar-refractivity contribution in [3.05, 3.63) is 64.7 Å². The summed E-state index contributed by atoms with van der Waals surface area (Å²) in [7, 11) is 0. The quantitative estimate of drug-likeness (QED) is 0.844. The largest absolute Gasteiger partial charge is 0.326 e. The van der Waals surface area contributed by atoms with E-state index in [4.69, 9.17) is 0 Å². The Hall–Kier alpha value is -1.84. The number of hydrogen-bond acceptors (Lipinski definition) is 2. The van der Waals surface area contributed by atoms with Gasteiger partial charge in [-0.25, -0.2) is 0 Å². The molecule has 3 nitrogen and oxygen atoms in total. The molecule has 4 heteroatoms. The predicted molar refractivity (Wildman–Crippen MR) is 99.2 cm³/mol. The van der Waals surface area contributed by atoms with Gasteiger partial charge < -0.3 is 10.6 Å². The molecule has 124 valence electrons. The number of benzene rings is 2. The molecular formula is C19H25ClN2O. The summed E-state index contributed by atoms with van der Waals surface area (Å²) < 4.78 is 0. The third-order valence-electron chi connectivity index (χ3n) is 3.89. The van der Waals surface area contributed by atoms with Crippen LogP contribution in [-0.4, -0.2) is 5.91 Å². The van der Waals surface area contributed by atoms with Crippen LogP contribution in [0.5, 0.6) is 0 Å². The lowest BCUT2D eigenvalue weighted by Crippen LogP contribution is -2.18. The number of nitrogens with one attached hydrogen (secondary N) is 2. The molecule has 0 fully saturated rings. The Bertz CT molecular complexity index is 670. The summed E-state index contributed by atoms with van der Waals surface area (Å²) in [4.78, 5) is 11.1. The molecule has 23 heavy (non-hydrogen) atoms. The Morgan fingerprint density at radius 3 is 2.48 bits per heavy atom. The maximum atomic E-state index is 11.1. The zero-order valence-corrected chi connectivity index (χ0v) is 15.0. The fourth-order valence-electron chi connectivity index (χ4n) is 2.39. The molecule has 2 N–H and O–H groups in total. The van der Waals surface area contributed by atoms with E-state index in [1.165, 1.54) is 23.6 Å². The summed E-state index contributed by atoms with van der Waals surface area (Å²) in [5.41, 5.74) is 5.92. The molecule has 1 unspecified atom stereocenters. The smallest absolute Gasteiger partial charge is 0.221 e. The Morgan fingerprint density at radius 2 is 1.83 bits per heavy atom. The van der Waals surface area contributed by atoms with Gasteiger partial charge in [0.2, 0.25) is 5.91 Å². The average molecular weight is 333 g/mol. The lowest BCUT2D eigenvalue weighted by Gasteiger charge is -2.16. The zero-order chi connectivity index (χ0) is 16.1. The van der Waals surface area contributed by atoms with Crippen molar-refractivity contribution in [2.45, 2.75) is 40.3 Å². The van der Waals surface area contributed by atoms with Crippen molar-refractivity contribution in [1.29, 1.82) is 0 Å². The van der Waals surface area contributed by atoms with Crippen LogP contribution in [0.4, 0.5) is 5.69 Å². The number of carbonyl (C=O) groups is 1. The van der Waals surface area contributed by atoms with Gasteiger partial charge in [-0.3, -0.25) is 4.79 Å². The fourth-order valence-corrected chi connectivity index (χ4v) is 2.39. The van der Waals surface area contributed by atoms with Crippen LogP contribution in [0.15, 0.2) is 42.5 Å². The highest BCUT2D eigenvalue weighted by atomic mass is 35.5. The first-order valence-corrected chi connectivity index (χ1v) is 7.63. The minimum Gasteiger partial charge on any atom is -0.326 e. The SMILES string of the molecule is CC(=O)Nc1cccc(C(C)NCc2ccc(C)c(C)c2)c1.Cl. The van der Waals surface area contributed by atoms with Crippen LogP contribution in [0, 0.1) is 13.8 Å². The van der Waals surface area contributed by atoms with E-state index in [0.717, 1.165) is 17.8 Å². The lowest BCUT2D eigenvalue weighted by atomic mass is 10.0. The van der Waals surface area contributed by atoms with Crippen molar-refractivity contribution in [2.24, 2.45) is 0 Å². The molecule has 0 saturated carbocycles. The second-order valence-electron chi connectivity index (χ2n) is 5.83. The van der Waals surface area contributed by atoms with E-state index in [-0.39, 0.29) is 24.4 Å². The topological polar surface area (TPSA) is 41.1 Å². The van der Waals surface area contributed by atoms with Crippen molar-refractivity contribution in [2.75, 3.05) is 5.32 Å². The van der Waals surface area contributed by atoms with Crippen LogP contribution < -0.4 is 10.6 Å². The van der Waals surface area contributed by atoms with Crippen molar-refractivity contribution in [3.8, 4) is 0 Å². The molecule has 0 aromatic heterocycles. The molecule has 1 atom stereocenters. The van der Waals surface area contributed by atoms with Gasteiger partial charge in [-0.05, 0) is 55.2 Å². The number of carbonyl (C=O) groups excluding carboxylic acids is 1. The second-order valence-corrected chi connectivity index (χ2v) is 5.83. The Kier molecular flexibility index (Phi) is 7.27. The first-order valence-electron chi connectivity index (χ1n) is 7.63. The van der Waals surface area contributed by atoms with E-state index >= 15 is 0 Å². The Balaban J connectivity index is 0.00000264. The molecule has 0 aliphatic carbocycles. The number of hydrogen-bond donors (Lipinski definition) is 2. The van der Waals surface area contributed by atoms with Gasteiger partial charge in [0.1, 0.15) is 0 Å². The molecule has 0 aliphatic heterocycles. The van der Waals surface area contributed by atoms with E-state index < -0.39 is 0 Å². The maximum absolute atomic E-state index is 11.1. The minimum absolute atomic E-state index is 0. The lowest BCUT2D eigenvalue weighted by molar-refractivity contribution is -0.114. The maximum Gasteiger partial charge on any atom is 0.221 e. The van der Waals surface area contributed by atoms with Crippen LogP contribution >= 0.6 is 12.4 Å². The van der Waals surface area contributed by atoms with Crippen LogP contribution in [-0.2, 0) is 11.3 Å². The van der Waals surface area contributed by atoms with Crippen LogP contribution in [0.25, 0.3) is 0 Å². The monoisotopic (exact) mass is 332 g/mol. The third-order valence-corrected chi connectivity index (χ3v) is 3.89. The van der Waals surface area contributed by atoms with E-state index in [1.54, 1.807) is 0 Å². The summed E-state index contributed by atoms with van der Waals surface area (Å²) in [5, 5.41) is 6.35. The molecule has 2 aromatic rings. The molecule has 0 spiro atoms. The second kappa shape index (κ2) is 8.70. The van der Waals surface area contributed by atoms with Gasteiger partial charge in [0.15, 0.2) is 0 Å². The number of halogens is 1. The van der Waals surface area contributed by atoms with E-state index in [0.29, 0.717) is 0 Å². The van der Waals surface area contributed by atoms with Crippen molar-refractivity contribution in [3.63, 3.8) is 0 Å². The highest BCUT2D eigenvalue weighted by Crippen LogP contribution is 2.18. The van der Waals surface area contributed by atoms with Gasteiger partial charge in [-0.2, -0.15) is 0 Å². The van der Waals surface area contributed by atoms with Gasteiger partial charge in [-0.15, -0.1) is 12.4 Å². The van der Waals surface area contributed by atoms with Gasteiger partial charge in [-0.1, -0.05) is 30.3 Å². The highest BCUT2D eigenvalue weighted by Gasteiger charge is 2.06. The molecule has 0 saturated heterocycles. The minimum atomic E-state index is -0.0482. The number of rotatable bonds is 5. The Labute approximate surface area is 144 Å². The predicted octanol–water partition coefficient (Wildman–Crippen LogP) is 4.53. The Morgan fingerprint density at radius 1 is 1.09 bits per heavy atom.